The number of anilines is 1. The van der Waals surface area contributed by atoms with Crippen molar-refractivity contribution < 1.29 is 0 Å². The number of nitrogens with two attached hydrogens (primary N) is 1. The van der Waals surface area contributed by atoms with Gasteiger partial charge in [0.1, 0.15) is 0 Å². The molecule has 2 N–H and O–H groups in total. The second-order valence-corrected chi connectivity index (χ2v) is 5.45. The first kappa shape index (κ1) is 12.4. The maximum Gasteiger partial charge on any atom is 0.0317 e. The van der Waals surface area contributed by atoms with Crippen molar-refractivity contribution >= 4 is 5.69 Å². The number of nitrogen functional groups attached to an aromatic ring is 1. The molecular formula is C15H24N2. The van der Waals surface area contributed by atoms with Crippen molar-refractivity contribution in [3.05, 3.63) is 29.8 Å². The first-order valence-electron chi connectivity index (χ1n) is 6.77. The third-order valence-electron chi connectivity index (χ3n) is 3.70. The number of nitrogens with zero attached hydrogens (tertiary/aromatic N) is 1. The number of hydrogen-bond donors (Lipinski definition) is 1. The third kappa shape index (κ3) is 4.04. The van der Waals surface area contributed by atoms with Gasteiger partial charge >= 0.3 is 0 Å². The summed E-state index contributed by atoms with van der Waals surface area (Å²) in [4.78, 5) is 2.44. The van der Waals surface area contributed by atoms with E-state index in [0.29, 0.717) is 0 Å². The molecule has 1 aliphatic rings. The number of rotatable bonds is 4. The van der Waals surface area contributed by atoms with Crippen LogP contribution in [0.25, 0.3) is 0 Å². The molecule has 0 atom stereocenters. The Bertz CT molecular complexity index is 343. The highest BCUT2D eigenvalue weighted by Crippen LogP contribution is 2.24. The Morgan fingerprint density at radius 3 is 2.71 bits per heavy atom. The molecule has 1 aromatic rings. The van der Waals surface area contributed by atoms with Gasteiger partial charge in [0.25, 0.3) is 0 Å². The Kier molecular flexibility index (Phi) is 4.43. The van der Waals surface area contributed by atoms with Crippen LogP contribution in [0.1, 0.15) is 37.7 Å². The van der Waals surface area contributed by atoms with Gasteiger partial charge in [-0.3, -0.25) is 0 Å². The van der Waals surface area contributed by atoms with Gasteiger partial charge < -0.3 is 10.6 Å². The zero-order chi connectivity index (χ0) is 12.1. The zero-order valence-electron chi connectivity index (χ0n) is 10.9. The van der Waals surface area contributed by atoms with Gasteiger partial charge in [0.2, 0.25) is 0 Å². The fourth-order valence-corrected chi connectivity index (χ4v) is 2.88. The van der Waals surface area contributed by atoms with Crippen molar-refractivity contribution in [2.75, 3.05) is 19.3 Å². The van der Waals surface area contributed by atoms with E-state index in [1.165, 1.54) is 44.2 Å². The lowest BCUT2D eigenvalue weighted by molar-refractivity contribution is 0.228. The summed E-state index contributed by atoms with van der Waals surface area (Å²) in [6.45, 7) is 2.25. The summed E-state index contributed by atoms with van der Waals surface area (Å²) >= 11 is 0. The predicted molar refractivity (Wildman–Crippen MR) is 73.8 cm³/mol. The fraction of sp³-hybridized carbons (Fsp3) is 0.600. The van der Waals surface area contributed by atoms with Crippen LogP contribution in [0.5, 0.6) is 0 Å². The smallest absolute Gasteiger partial charge is 0.0317 e. The average molecular weight is 232 g/mol. The molecule has 2 rings (SSSR count). The molecule has 0 saturated heterocycles. The second kappa shape index (κ2) is 6.06. The number of hydrogen-bond acceptors (Lipinski definition) is 2. The largest absolute Gasteiger partial charge is 0.399 e. The molecule has 0 spiro atoms. The van der Waals surface area contributed by atoms with Gasteiger partial charge in [-0.15, -0.1) is 0 Å². The van der Waals surface area contributed by atoms with Crippen LogP contribution in [-0.2, 0) is 6.54 Å². The SMILES string of the molecule is CN(Cc1cccc(N)c1)CC1CCCCC1. The summed E-state index contributed by atoms with van der Waals surface area (Å²) in [7, 11) is 2.22. The van der Waals surface area contributed by atoms with Crippen molar-refractivity contribution in [2.24, 2.45) is 5.92 Å². The Labute approximate surface area is 105 Å². The van der Waals surface area contributed by atoms with Crippen LogP contribution in [-0.4, -0.2) is 18.5 Å². The summed E-state index contributed by atoms with van der Waals surface area (Å²) in [6.07, 6.45) is 7.13. The lowest BCUT2D eigenvalue weighted by atomic mass is 9.89. The van der Waals surface area contributed by atoms with E-state index in [4.69, 9.17) is 5.73 Å². The summed E-state index contributed by atoms with van der Waals surface area (Å²) in [5.41, 5.74) is 7.99. The van der Waals surface area contributed by atoms with Crippen LogP contribution in [0.15, 0.2) is 24.3 Å². The van der Waals surface area contributed by atoms with E-state index < -0.39 is 0 Å². The van der Waals surface area contributed by atoms with E-state index in [2.05, 4.69) is 24.1 Å². The van der Waals surface area contributed by atoms with E-state index in [1.807, 2.05) is 12.1 Å². The standard InChI is InChI=1S/C15H24N2/c1-17(11-13-6-3-2-4-7-13)12-14-8-5-9-15(16)10-14/h5,8-10,13H,2-4,6-7,11-12,16H2,1H3. The first-order chi connectivity index (χ1) is 8.24. The zero-order valence-corrected chi connectivity index (χ0v) is 10.9. The van der Waals surface area contributed by atoms with Gasteiger partial charge in [-0.2, -0.15) is 0 Å². The minimum Gasteiger partial charge on any atom is -0.399 e. The number of benzene rings is 1. The maximum atomic E-state index is 5.80. The molecule has 17 heavy (non-hydrogen) atoms. The van der Waals surface area contributed by atoms with Gasteiger partial charge in [-0.05, 0) is 43.5 Å². The highest BCUT2D eigenvalue weighted by atomic mass is 15.1. The first-order valence-corrected chi connectivity index (χ1v) is 6.77. The van der Waals surface area contributed by atoms with Gasteiger partial charge in [0, 0.05) is 18.8 Å². The van der Waals surface area contributed by atoms with Gasteiger partial charge in [-0.25, -0.2) is 0 Å². The predicted octanol–water partition coefficient (Wildman–Crippen LogP) is 3.28. The molecule has 2 nitrogen and oxygen atoms in total. The Morgan fingerprint density at radius 2 is 2.00 bits per heavy atom. The minimum atomic E-state index is 0.869. The van der Waals surface area contributed by atoms with Crippen LogP contribution in [0.3, 0.4) is 0 Å². The van der Waals surface area contributed by atoms with Gasteiger partial charge in [0.05, 0.1) is 0 Å². The van der Waals surface area contributed by atoms with E-state index in [1.54, 1.807) is 0 Å². The molecule has 1 fully saturated rings. The molecule has 0 unspecified atom stereocenters. The van der Waals surface area contributed by atoms with Crippen LogP contribution >= 0.6 is 0 Å². The maximum absolute atomic E-state index is 5.80. The van der Waals surface area contributed by atoms with E-state index in [9.17, 15) is 0 Å². The van der Waals surface area contributed by atoms with Crippen molar-refractivity contribution in [1.82, 2.24) is 4.90 Å². The van der Waals surface area contributed by atoms with Gasteiger partial charge in [-0.1, -0.05) is 31.4 Å². The van der Waals surface area contributed by atoms with Crippen LogP contribution in [0, 0.1) is 5.92 Å². The summed E-state index contributed by atoms with van der Waals surface area (Å²) in [5.74, 6) is 0.912. The van der Waals surface area contributed by atoms with Crippen LogP contribution in [0.4, 0.5) is 5.69 Å². The van der Waals surface area contributed by atoms with E-state index in [-0.39, 0.29) is 0 Å². The monoisotopic (exact) mass is 232 g/mol. The average Bonchev–Trinajstić information content (AvgIpc) is 2.30. The second-order valence-electron chi connectivity index (χ2n) is 5.45. The molecule has 1 aromatic carbocycles. The Hall–Kier alpha value is -1.02. The molecule has 0 amide bonds. The van der Waals surface area contributed by atoms with E-state index >= 15 is 0 Å². The fourth-order valence-electron chi connectivity index (χ4n) is 2.88. The molecule has 0 heterocycles. The highest BCUT2D eigenvalue weighted by Gasteiger charge is 2.15. The minimum absolute atomic E-state index is 0.869. The van der Waals surface area contributed by atoms with E-state index in [0.717, 1.165) is 18.2 Å². The molecule has 0 radical (unpaired) electrons. The highest BCUT2D eigenvalue weighted by molar-refractivity contribution is 5.40. The Balaban J connectivity index is 1.82. The van der Waals surface area contributed by atoms with Crippen molar-refractivity contribution in [3.63, 3.8) is 0 Å². The molecule has 1 aliphatic carbocycles. The summed E-state index contributed by atoms with van der Waals surface area (Å²) in [5, 5.41) is 0. The molecule has 1 saturated carbocycles. The van der Waals surface area contributed by atoms with Crippen LogP contribution in [0.2, 0.25) is 0 Å². The van der Waals surface area contributed by atoms with Crippen molar-refractivity contribution in [3.8, 4) is 0 Å². The molecule has 2 heteroatoms. The third-order valence-corrected chi connectivity index (χ3v) is 3.70. The molecule has 94 valence electrons. The normalized spacial score (nSPS) is 17.5. The summed E-state index contributed by atoms with van der Waals surface area (Å²) in [6, 6.07) is 8.23. The lowest BCUT2D eigenvalue weighted by Crippen LogP contribution is -2.26. The van der Waals surface area contributed by atoms with Gasteiger partial charge in [0.15, 0.2) is 0 Å². The molecular weight excluding hydrogens is 208 g/mol. The summed E-state index contributed by atoms with van der Waals surface area (Å²) < 4.78 is 0. The molecule has 0 aromatic heterocycles. The quantitative estimate of drug-likeness (QED) is 0.807. The topological polar surface area (TPSA) is 29.3 Å². The molecule has 0 aliphatic heterocycles. The Morgan fingerprint density at radius 1 is 1.24 bits per heavy atom. The van der Waals surface area contributed by atoms with Crippen molar-refractivity contribution in [2.45, 2.75) is 38.6 Å². The van der Waals surface area contributed by atoms with Crippen molar-refractivity contribution in [1.29, 1.82) is 0 Å². The molecule has 0 bridgehead atoms. The van der Waals surface area contributed by atoms with Crippen LogP contribution < -0.4 is 5.73 Å². The lowest BCUT2D eigenvalue weighted by Gasteiger charge is -2.27.